The Labute approximate surface area is 182 Å². The van der Waals surface area contributed by atoms with Gasteiger partial charge in [-0.3, -0.25) is 14.7 Å². The van der Waals surface area contributed by atoms with E-state index >= 15 is 0 Å². The fourth-order valence-corrected chi connectivity index (χ4v) is 3.92. The lowest BCUT2D eigenvalue weighted by Gasteiger charge is -2.35. The number of piperidine rings is 1. The van der Waals surface area contributed by atoms with Crippen molar-refractivity contribution in [2.45, 2.75) is 25.4 Å². The molecule has 30 heavy (non-hydrogen) atoms. The van der Waals surface area contributed by atoms with Gasteiger partial charge in [-0.15, -0.1) is 12.4 Å². The Morgan fingerprint density at radius 2 is 1.77 bits per heavy atom. The lowest BCUT2D eigenvalue weighted by molar-refractivity contribution is -0.186. The molecule has 1 unspecified atom stereocenters. The maximum Gasteiger partial charge on any atom is 0.317 e. The molecule has 0 saturated carbocycles. The fraction of sp³-hybridized carbons (Fsp3) is 0.391. The zero-order valence-corrected chi connectivity index (χ0v) is 17.6. The molecule has 4 rings (SSSR count). The molecule has 5 nitrogen and oxygen atoms in total. The van der Waals surface area contributed by atoms with Gasteiger partial charge in [0.05, 0.1) is 0 Å². The molecular formula is C23H27ClFNO4. The summed E-state index contributed by atoms with van der Waals surface area (Å²) >= 11 is 0. The molecule has 0 bridgehead atoms. The summed E-state index contributed by atoms with van der Waals surface area (Å²) in [6, 6.07) is 14.4. The van der Waals surface area contributed by atoms with Crippen LogP contribution in [0.3, 0.4) is 0 Å². The molecule has 0 radical (unpaired) electrons. The van der Waals surface area contributed by atoms with Crippen molar-refractivity contribution in [3.05, 3.63) is 66.7 Å². The number of ether oxygens (including phenoxy) is 2. The third-order valence-electron chi connectivity index (χ3n) is 5.41. The summed E-state index contributed by atoms with van der Waals surface area (Å²) in [6.07, 6.45) is 3.43. The van der Waals surface area contributed by atoms with Crippen LogP contribution in [0, 0.1) is 5.92 Å². The number of likely N-dealkylation sites (tertiary alicyclic amines) is 1. The number of hydrogen-bond acceptors (Lipinski definition) is 5. The van der Waals surface area contributed by atoms with Gasteiger partial charge in [-0.1, -0.05) is 24.3 Å². The van der Waals surface area contributed by atoms with E-state index in [0.29, 0.717) is 18.3 Å². The molecule has 2 aliphatic rings. The summed E-state index contributed by atoms with van der Waals surface area (Å²) in [6.45, 7) is 6.62. The van der Waals surface area contributed by atoms with E-state index in [-0.39, 0.29) is 18.5 Å². The second-order valence-electron chi connectivity index (χ2n) is 7.61. The summed E-state index contributed by atoms with van der Waals surface area (Å²) in [5.74, 6) is 2.79. The highest BCUT2D eigenvalue weighted by Crippen LogP contribution is 2.31. The van der Waals surface area contributed by atoms with Crippen LogP contribution in [0.25, 0.3) is 0 Å². The van der Waals surface area contributed by atoms with Gasteiger partial charge in [0.25, 0.3) is 0 Å². The lowest BCUT2D eigenvalue weighted by atomic mass is 9.90. The van der Waals surface area contributed by atoms with Crippen molar-refractivity contribution >= 4 is 12.4 Å². The van der Waals surface area contributed by atoms with E-state index in [4.69, 9.17) is 14.4 Å². The van der Waals surface area contributed by atoms with Gasteiger partial charge in [0, 0.05) is 6.54 Å². The Hall–Kier alpha value is -2.44. The average molecular weight is 436 g/mol. The summed E-state index contributed by atoms with van der Waals surface area (Å²) in [4.78, 5) is 11.6. The topological polar surface area (TPSA) is 40.2 Å². The molecule has 0 N–H and O–H groups in total. The van der Waals surface area contributed by atoms with Crippen molar-refractivity contribution in [1.82, 2.24) is 4.90 Å². The van der Waals surface area contributed by atoms with E-state index in [1.807, 2.05) is 36.4 Å². The van der Waals surface area contributed by atoms with Crippen molar-refractivity contribution < 1.29 is 23.6 Å². The zero-order chi connectivity index (χ0) is 20.1. The largest absolute Gasteiger partial charge is 0.486 e. The first-order valence-electron chi connectivity index (χ1n) is 10.0. The number of halogens is 2. The average Bonchev–Trinajstić information content (AvgIpc) is 2.74. The second-order valence-corrected chi connectivity index (χ2v) is 7.61. The Balaban J connectivity index is 0.00000256. The highest BCUT2D eigenvalue weighted by molar-refractivity contribution is 5.85. The normalized spacial score (nSPS) is 18.9. The van der Waals surface area contributed by atoms with Crippen molar-refractivity contribution in [2.75, 3.05) is 26.2 Å². The number of benzene rings is 2. The molecule has 0 amide bonds. The number of fused-ring (bicyclic) bond motifs is 1. The Morgan fingerprint density at radius 3 is 2.47 bits per heavy atom. The maximum atomic E-state index is 12.5. The quantitative estimate of drug-likeness (QED) is 0.349. The predicted molar refractivity (Wildman–Crippen MR) is 115 cm³/mol. The van der Waals surface area contributed by atoms with E-state index < -0.39 is 6.01 Å². The molecule has 2 aromatic carbocycles. The highest BCUT2D eigenvalue weighted by atomic mass is 35.5. The minimum atomic E-state index is -0.963. The summed E-state index contributed by atoms with van der Waals surface area (Å²) in [7, 11) is 0. The maximum absolute atomic E-state index is 12.5. The SMILES string of the molecule is C=C(F)OOc1ccc(CC2CCN(CC3COc4ccccc4O3)CC2)cc1.Cl. The molecule has 162 valence electrons. The number of para-hydroxylation sites is 2. The first-order chi connectivity index (χ1) is 14.2. The van der Waals surface area contributed by atoms with Crippen molar-refractivity contribution in [1.29, 1.82) is 0 Å². The van der Waals surface area contributed by atoms with E-state index in [1.54, 1.807) is 12.1 Å². The van der Waals surface area contributed by atoms with Gasteiger partial charge >= 0.3 is 6.01 Å². The van der Waals surface area contributed by atoms with Crippen LogP contribution < -0.4 is 14.4 Å². The highest BCUT2D eigenvalue weighted by Gasteiger charge is 2.26. The van der Waals surface area contributed by atoms with Crippen LogP contribution in [0.2, 0.25) is 0 Å². The van der Waals surface area contributed by atoms with Crippen LogP contribution in [0.5, 0.6) is 17.2 Å². The van der Waals surface area contributed by atoms with Crippen molar-refractivity contribution in [3.8, 4) is 17.2 Å². The van der Waals surface area contributed by atoms with Crippen molar-refractivity contribution in [3.63, 3.8) is 0 Å². The first-order valence-corrected chi connectivity index (χ1v) is 10.0. The molecule has 7 heteroatoms. The third kappa shape index (κ3) is 6.03. The van der Waals surface area contributed by atoms with Gasteiger partial charge in [0.1, 0.15) is 12.7 Å². The van der Waals surface area contributed by atoms with Gasteiger partial charge in [0.15, 0.2) is 17.2 Å². The summed E-state index contributed by atoms with van der Waals surface area (Å²) < 4.78 is 24.4. The van der Waals surface area contributed by atoms with Crippen LogP contribution in [0.15, 0.2) is 61.1 Å². The first kappa shape index (κ1) is 22.2. The van der Waals surface area contributed by atoms with E-state index in [0.717, 1.165) is 50.4 Å². The van der Waals surface area contributed by atoms with Gasteiger partial charge in [-0.25, -0.2) is 0 Å². The second kappa shape index (κ2) is 10.5. The molecule has 2 heterocycles. The standard InChI is InChI=1S/C23H26FNO4.ClH/c1-17(24)28-29-20-8-6-18(7-9-20)14-19-10-12-25(13-11-19)15-21-16-26-22-4-2-3-5-23(22)27-21;/h2-9,19,21H,1,10-16H2;1H. The predicted octanol–water partition coefficient (Wildman–Crippen LogP) is 4.95. The summed E-state index contributed by atoms with van der Waals surface area (Å²) in [5, 5.41) is 0. The Morgan fingerprint density at radius 1 is 1.07 bits per heavy atom. The van der Waals surface area contributed by atoms with Crippen LogP contribution in [-0.4, -0.2) is 37.2 Å². The van der Waals surface area contributed by atoms with Gasteiger partial charge in [-0.2, -0.15) is 4.39 Å². The molecule has 0 spiro atoms. The Bertz CT molecular complexity index is 824. The lowest BCUT2D eigenvalue weighted by Crippen LogP contribution is -2.44. The monoisotopic (exact) mass is 435 g/mol. The van der Waals surface area contributed by atoms with Gasteiger partial charge in [0.2, 0.25) is 0 Å². The van der Waals surface area contributed by atoms with Crippen LogP contribution in [-0.2, 0) is 11.3 Å². The van der Waals surface area contributed by atoms with Crippen LogP contribution in [0.4, 0.5) is 4.39 Å². The molecular weight excluding hydrogens is 409 g/mol. The Kier molecular flexibility index (Phi) is 7.82. The zero-order valence-electron chi connectivity index (χ0n) is 16.8. The minimum absolute atomic E-state index is 0. The summed E-state index contributed by atoms with van der Waals surface area (Å²) in [5.41, 5.74) is 1.25. The minimum Gasteiger partial charge on any atom is -0.486 e. The number of rotatable bonds is 7. The van der Waals surface area contributed by atoms with Gasteiger partial charge < -0.3 is 9.47 Å². The third-order valence-corrected chi connectivity index (χ3v) is 5.41. The smallest absolute Gasteiger partial charge is 0.317 e. The van der Waals surface area contributed by atoms with Crippen LogP contribution >= 0.6 is 12.4 Å². The molecule has 2 aromatic rings. The molecule has 1 atom stereocenters. The van der Waals surface area contributed by atoms with Crippen molar-refractivity contribution in [2.24, 2.45) is 5.92 Å². The molecule has 0 aliphatic carbocycles. The molecule has 2 aliphatic heterocycles. The molecule has 1 fully saturated rings. The van der Waals surface area contributed by atoms with Crippen LogP contribution in [0.1, 0.15) is 18.4 Å². The van der Waals surface area contributed by atoms with E-state index in [2.05, 4.69) is 16.4 Å². The number of hydrogen-bond donors (Lipinski definition) is 0. The number of nitrogens with zero attached hydrogens (tertiary/aromatic N) is 1. The fourth-order valence-electron chi connectivity index (χ4n) is 3.92. The van der Waals surface area contributed by atoms with Gasteiger partial charge in [-0.05, 0) is 74.7 Å². The van der Waals surface area contributed by atoms with E-state index in [9.17, 15) is 4.39 Å². The molecule has 1 saturated heterocycles. The molecule has 0 aromatic heterocycles. The van der Waals surface area contributed by atoms with E-state index in [1.165, 1.54) is 5.56 Å².